The lowest BCUT2D eigenvalue weighted by atomic mass is 10.1. The molecule has 0 aromatic heterocycles. The monoisotopic (exact) mass is 346 g/mol. The van der Waals surface area contributed by atoms with E-state index in [1.165, 1.54) is 6.08 Å². The number of carbonyl (C=O) groups is 2. The predicted molar refractivity (Wildman–Crippen MR) is 96.6 cm³/mol. The van der Waals surface area contributed by atoms with Crippen LogP contribution in [-0.2, 0) is 14.3 Å². The number of nitrogens with zero attached hydrogens (tertiary/aromatic N) is 1. The molecule has 0 bridgehead atoms. The third-order valence-corrected chi connectivity index (χ3v) is 3.95. The molecule has 3 rings (SSSR count). The molecule has 5 nitrogen and oxygen atoms in total. The van der Waals surface area contributed by atoms with Crippen molar-refractivity contribution >= 4 is 18.0 Å². The highest BCUT2D eigenvalue weighted by atomic mass is 16.5. The van der Waals surface area contributed by atoms with E-state index in [-0.39, 0.29) is 11.9 Å². The smallest absolute Gasteiger partial charge is 0.331 e. The van der Waals surface area contributed by atoms with Gasteiger partial charge in [0.25, 0.3) is 5.91 Å². The summed E-state index contributed by atoms with van der Waals surface area (Å²) < 4.78 is 5.40. The summed E-state index contributed by atoms with van der Waals surface area (Å²) in [5, 5.41) is 11.7. The molecule has 0 heterocycles. The Balaban J connectivity index is 1.68. The number of rotatable bonds is 6. The van der Waals surface area contributed by atoms with Crippen LogP contribution >= 0.6 is 0 Å². The zero-order valence-electron chi connectivity index (χ0n) is 14.1. The Morgan fingerprint density at radius 2 is 1.81 bits per heavy atom. The van der Waals surface area contributed by atoms with E-state index in [1.54, 1.807) is 54.6 Å². The number of nitriles is 1. The minimum Gasteiger partial charge on any atom is -0.444 e. The first-order valence-electron chi connectivity index (χ1n) is 8.40. The summed E-state index contributed by atoms with van der Waals surface area (Å²) >= 11 is 0. The van der Waals surface area contributed by atoms with Crippen LogP contribution in [0.2, 0.25) is 0 Å². The summed E-state index contributed by atoms with van der Waals surface area (Å²) in [6.07, 6.45) is 3.81. The van der Waals surface area contributed by atoms with Gasteiger partial charge in [-0.15, -0.1) is 0 Å². The summed E-state index contributed by atoms with van der Waals surface area (Å²) in [6, 6.07) is 18.0. The summed E-state index contributed by atoms with van der Waals surface area (Å²) in [7, 11) is 0. The molecule has 1 aliphatic carbocycles. The molecule has 5 heteroatoms. The van der Waals surface area contributed by atoms with Crippen molar-refractivity contribution in [2.75, 3.05) is 0 Å². The fourth-order valence-electron chi connectivity index (χ4n) is 2.39. The maximum absolute atomic E-state index is 12.4. The number of ether oxygens (including phenoxy) is 1. The van der Waals surface area contributed by atoms with Gasteiger partial charge in [0.15, 0.2) is 0 Å². The Bertz CT molecular complexity index is 847. The molecule has 1 atom stereocenters. The molecule has 2 aromatic rings. The van der Waals surface area contributed by atoms with Gasteiger partial charge in [0.05, 0.1) is 11.6 Å². The van der Waals surface area contributed by atoms with Gasteiger partial charge in [0.1, 0.15) is 0 Å². The standard InChI is InChI=1S/C21H18N2O3/c22-14-16-8-6-15(7-9-16)10-13-19(24)26-20(17-4-2-1-3-5-17)21(25)23-18-11-12-18/h1-10,13,18,20H,11-12H2,(H,23,25)/b13-10+/t20-/m0/s1. The Labute approximate surface area is 151 Å². The molecule has 1 saturated carbocycles. The van der Waals surface area contributed by atoms with Gasteiger partial charge >= 0.3 is 5.97 Å². The van der Waals surface area contributed by atoms with Crippen molar-refractivity contribution in [1.29, 1.82) is 5.26 Å². The van der Waals surface area contributed by atoms with Crippen LogP contribution in [0.15, 0.2) is 60.7 Å². The lowest BCUT2D eigenvalue weighted by Crippen LogP contribution is -2.33. The quantitative estimate of drug-likeness (QED) is 0.644. The first kappa shape index (κ1) is 17.4. The first-order chi connectivity index (χ1) is 12.7. The van der Waals surface area contributed by atoms with Crippen molar-refractivity contribution in [3.63, 3.8) is 0 Å². The summed E-state index contributed by atoms with van der Waals surface area (Å²) in [6.45, 7) is 0. The van der Waals surface area contributed by atoms with Crippen molar-refractivity contribution in [2.45, 2.75) is 25.0 Å². The van der Waals surface area contributed by atoms with Crippen molar-refractivity contribution in [2.24, 2.45) is 0 Å². The van der Waals surface area contributed by atoms with Crippen LogP contribution in [-0.4, -0.2) is 17.9 Å². The molecule has 1 N–H and O–H groups in total. The fraction of sp³-hybridized carbons (Fsp3) is 0.190. The van der Waals surface area contributed by atoms with E-state index in [0.717, 1.165) is 18.4 Å². The number of carbonyl (C=O) groups excluding carboxylic acids is 2. The van der Waals surface area contributed by atoms with Gasteiger partial charge in [-0.25, -0.2) is 4.79 Å². The second kappa shape index (κ2) is 8.13. The molecular weight excluding hydrogens is 328 g/mol. The Kier molecular flexibility index (Phi) is 5.45. The van der Waals surface area contributed by atoms with Gasteiger partial charge in [-0.1, -0.05) is 42.5 Å². The average Bonchev–Trinajstić information content (AvgIpc) is 3.49. The number of benzene rings is 2. The summed E-state index contributed by atoms with van der Waals surface area (Å²) in [5.74, 6) is -0.909. The number of nitrogens with one attached hydrogen (secondary N) is 1. The van der Waals surface area contributed by atoms with Gasteiger partial charge in [0.2, 0.25) is 6.10 Å². The lowest BCUT2D eigenvalue weighted by molar-refractivity contribution is -0.151. The van der Waals surface area contributed by atoms with E-state index in [1.807, 2.05) is 12.1 Å². The molecule has 0 saturated heterocycles. The lowest BCUT2D eigenvalue weighted by Gasteiger charge is -2.17. The third-order valence-electron chi connectivity index (χ3n) is 3.95. The minimum absolute atomic E-state index is 0.182. The topological polar surface area (TPSA) is 79.2 Å². The van der Waals surface area contributed by atoms with Gasteiger partial charge in [-0.3, -0.25) is 4.79 Å². The van der Waals surface area contributed by atoms with Gasteiger partial charge in [0, 0.05) is 17.7 Å². The highest BCUT2D eigenvalue weighted by molar-refractivity contribution is 5.91. The molecule has 130 valence electrons. The number of amides is 1. The van der Waals surface area contributed by atoms with Crippen LogP contribution in [0.3, 0.4) is 0 Å². The van der Waals surface area contributed by atoms with Gasteiger partial charge in [-0.05, 0) is 36.6 Å². The second-order valence-corrected chi connectivity index (χ2v) is 6.08. The molecule has 0 unspecified atom stereocenters. The van der Waals surface area contributed by atoms with E-state index in [0.29, 0.717) is 11.1 Å². The molecule has 1 amide bonds. The SMILES string of the molecule is N#Cc1ccc(/C=C/C(=O)O[C@H](C(=O)NC2CC2)c2ccccc2)cc1. The largest absolute Gasteiger partial charge is 0.444 e. The Morgan fingerprint density at radius 1 is 1.12 bits per heavy atom. The molecule has 0 spiro atoms. The van der Waals surface area contributed by atoms with Crippen molar-refractivity contribution in [1.82, 2.24) is 5.32 Å². The zero-order chi connectivity index (χ0) is 18.4. The normalized spacial score (nSPS) is 14.4. The zero-order valence-corrected chi connectivity index (χ0v) is 14.1. The molecule has 2 aromatic carbocycles. The van der Waals surface area contributed by atoms with E-state index < -0.39 is 12.1 Å². The van der Waals surface area contributed by atoms with Crippen molar-refractivity contribution < 1.29 is 14.3 Å². The maximum atomic E-state index is 12.4. The maximum Gasteiger partial charge on any atom is 0.331 e. The highest BCUT2D eigenvalue weighted by Crippen LogP contribution is 2.23. The minimum atomic E-state index is -0.977. The van der Waals surface area contributed by atoms with E-state index in [2.05, 4.69) is 5.32 Å². The molecule has 0 radical (unpaired) electrons. The van der Waals surface area contributed by atoms with Crippen LogP contribution in [0.25, 0.3) is 6.08 Å². The number of esters is 1. The van der Waals surface area contributed by atoms with Crippen molar-refractivity contribution in [3.05, 3.63) is 77.4 Å². The van der Waals surface area contributed by atoms with Crippen molar-refractivity contribution in [3.8, 4) is 6.07 Å². The summed E-state index contributed by atoms with van der Waals surface area (Å²) in [5.41, 5.74) is 1.94. The van der Waals surface area contributed by atoms with Crippen LogP contribution < -0.4 is 5.32 Å². The molecule has 26 heavy (non-hydrogen) atoms. The second-order valence-electron chi connectivity index (χ2n) is 6.08. The molecular formula is C21H18N2O3. The number of hydrogen-bond donors (Lipinski definition) is 1. The van der Waals surface area contributed by atoms with E-state index >= 15 is 0 Å². The van der Waals surface area contributed by atoms with Crippen LogP contribution in [0.1, 0.15) is 35.6 Å². The Hall–Kier alpha value is -3.39. The fourth-order valence-corrected chi connectivity index (χ4v) is 2.39. The van der Waals surface area contributed by atoms with E-state index in [9.17, 15) is 9.59 Å². The van der Waals surface area contributed by atoms with Crippen LogP contribution in [0.5, 0.6) is 0 Å². The third kappa shape index (κ3) is 4.81. The molecule has 1 fully saturated rings. The summed E-state index contributed by atoms with van der Waals surface area (Å²) in [4.78, 5) is 24.6. The van der Waals surface area contributed by atoms with Crippen LogP contribution in [0.4, 0.5) is 0 Å². The molecule has 1 aliphatic rings. The Morgan fingerprint density at radius 3 is 2.42 bits per heavy atom. The average molecular weight is 346 g/mol. The number of hydrogen-bond acceptors (Lipinski definition) is 4. The van der Waals surface area contributed by atoms with Gasteiger partial charge in [-0.2, -0.15) is 5.26 Å². The van der Waals surface area contributed by atoms with Crippen LogP contribution in [0, 0.1) is 11.3 Å². The highest BCUT2D eigenvalue weighted by Gasteiger charge is 2.30. The van der Waals surface area contributed by atoms with Gasteiger partial charge < -0.3 is 10.1 Å². The first-order valence-corrected chi connectivity index (χ1v) is 8.40. The van der Waals surface area contributed by atoms with E-state index in [4.69, 9.17) is 10.00 Å². The predicted octanol–water partition coefficient (Wildman–Crippen LogP) is 3.13. The molecule has 0 aliphatic heterocycles.